The van der Waals surface area contributed by atoms with E-state index in [4.69, 9.17) is 9.73 Å². The average molecular weight is 389 g/mol. The number of carbonyl (C=O) groups is 1. The van der Waals surface area contributed by atoms with Gasteiger partial charge in [0, 0.05) is 6.42 Å². The van der Waals surface area contributed by atoms with Crippen LogP contribution in [0.4, 0.5) is 0 Å². The van der Waals surface area contributed by atoms with Gasteiger partial charge in [0.2, 0.25) is 0 Å². The van der Waals surface area contributed by atoms with E-state index in [1.165, 1.54) is 0 Å². The van der Waals surface area contributed by atoms with Crippen molar-refractivity contribution in [3.05, 3.63) is 83.1 Å². The summed E-state index contributed by atoms with van der Waals surface area (Å²) >= 11 is 0. The first-order valence-corrected chi connectivity index (χ1v) is 9.74. The maximum Gasteiger partial charge on any atom is 0.168 e. The maximum atomic E-state index is 12.8. The Morgan fingerprint density at radius 3 is 2.45 bits per heavy atom. The van der Waals surface area contributed by atoms with Gasteiger partial charge >= 0.3 is 0 Å². The molecule has 4 heteroatoms. The fourth-order valence-corrected chi connectivity index (χ4v) is 3.46. The highest BCUT2D eigenvalue weighted by Crippen LogP contribution is 2.35. The van der Waals surface area contributed by atoms with Crippen LogP contribution in [0.3, 0.4) is 0 Å². The number of methoxy groups -OCH3 is 1. The minimum absolute atomic E-state index is 0.0341. The molecule has 0 amide bonds. The lowest BCUT2D eigenvalue weighted by atomic mass is 9.73. The van der Waals surface area contributed by atoms with Gasteiger partial charge in [-0.15, -0.1) is 0 Å². The minimum Gasteiger partial charge on any atom is -0.507 e. The van der Waals surface area contributed by atoms with Crippen molar-refractivity contribution in [2.45, 2.75) is 33.2 Å². The van der Waals surface area contributed by atoms with Crippen LogP contribution >= 0.6 is 0 Å². The van der Waals surface area contributed by atoms with E-state index in [-0.39, 0.29) is 17.0 Å². The topological polar surface area (TPSA) is 58.9 Å². The number of aliphatic hydroxyl groups excluding tert-OH is 1. The second-order valence-corrected chi connectivity index (χ2v) is 8.06. The number of nitrogens with zero attached hydrogens (tertiary/aromatic N) is 1. The molecule has 0 aromatic heterocycles. The Kier molecular flexibility index (Phi) is 6.32. The van der Waals surface area contributed by atoms with Crippen molar-refractivity contribution in [1.29, 1.82) is 0 Å². The summed E-state index contributed by atoms with van der Waals surface area (Å²) in [6.45, 7) is 4.60. The highest BCUT2D eigenvalue weighted by molar-refractivity contribution is 6.25. The van der Waals surface area contributed by atoms with Crippen LogP contribution in [-0.2, 0) is 11.3 Å². The summed E-state index contributed by atoms with van der Waals surface area (Å²) in [4.78, 5) is 17.5. The van der Waals surface area contributed by atoms with Crippen molar-refractivity contribution < 1.29 is 14.6 Å². The van der Waals surface area contributed by atoms with Crippen LogP contribution in [0, 0.1) is 5.41 Å². The Labute approximate surface area is 172 Å². The van der Waals surface area contributed by atoms with E-state index in [2.05, 4.69) is 13.8 Å². The number of allylic oxidation sites excluding steroid dienone is 2. The highest BCUT2D eigenvalue weighted by atomic mass is 16.5. The van der Waals surface area contributed by atoms with Gasteiger partial charge in [-0.25, -0.2) is 0 Å². The van der Waals surface area contributed by atoms with Crippen molar-refractivity contribution in [1.82, 2.24) is 0 Å². The van der Waals surface area contributed by atoms with E-state index in [0.717, 1.165) is 16.9 Å². The first-order chi connectivity index (χ1) is 13.9. The number of carbonyl (C=O) groups excluding carboxylic acids is 1. The molecule has 3 rings (SSSR count). The number of aliphatic imine (C=N–C) groups is 1. The molecule has 0 unspecified atom stereocenters. The second-order valence-electron chi connectivity index (χ2n) is 8.06. The Morgan fingerprint density at radius 2 is 1.79 bits per heavy atom. The lowest BCUT2D eigenvalue weighted by molar-refractivity contribution is -0.117. The average Bonchev–Trinajstić information content (AvgIpc) is 2.70. The van der Waals surface area contributed by atoms with Gasteiger partial charge < -0.3 is 9.84 Å². The highest BCUT2D eigenvalue weighted by Gasteiger charge is 2.35. The normalized spacial score (nSPS) is 19.6. The summed E-state index contributed by atoms with van der Waals surface area (Å²) in [5, 5.41) is 10.7. The van der Waals surface area contributed by atoms with Gasteiger partial charge in [0.15, 0.2) is 5.78 Å². The zero-order valence-corrected chi connectivity index (χ0v) is 17.2. The summed E-state index contributed by atoms with van der Waals surface area (Å²) in [6.07, 6.45) is 4.41. The maximum absolute atomic E-state index is 12.8. The Hall–Kier alpha value is -3.14. The lowest BCUT2D eigenvalue weighted by Gasteiger charge is -2.31. The number of benzene rings is 2. The number of hydrogen-bond donors (Lipinski definition) is 1. The molecule has 1 aliphatic rings. The molecule has 150 valence electrons. The van der Waals surface area contributed by atoms with Crippen molar-refractivity contribution >= 4 is 17.6 Å². The summed E-state index contributed by atoms with van der Waals surface area (Å²) in [5.41, 5.74) is 2.82. The fourth-order valence-electron chi connectivity index (χ4n) is 3.46. The zero-order chi connectivity index (χ0) is 20.9. The van der Waals surface area contributed by atoms with Crippen LogP contribution < -0.4 is 4.74 Å². The van der Waals surface area contributed by atoms with Crippen molar-refractivity contribution in [2.75, 3.05) is 7.11 Å². The molecule has 0 heterocycles. The first-order valence-electron chi connectivity index (χ1n) is 9.74. The molecule has 2 aromatic carbocycles. The van der Waals surface area contributed by atoms with Crippen molar-refractivity contribution in [2.24, 2.45) is 10.4 Å². The van der Waals surface area contributed by atoms with Crippen LogP contribution in [0.2, 0.25) is 0 Å². The molecular formula is C25H27NO3. The van der Waals surface area contributed by atoms with Crippen LogP contribution in [0.5, 0.6) is 5.75 Å². The van der Waals surface area contributed by atoms with E-state index < -0.39 is 0 Å². The first kappa shape index (κ1) is 20.6. The van der Waals surface area contributed by atoms with E-state index >= 15 is 0 Å². The van der Waals surface area contributed by atoms with Crippen molar-refractivity contribution in [3.63, 3.8) is 0 Å². The largest absolute Gasteiger partial charge is 0.507 e. The molecule has 1 N–H and O–H groups in total. The summed E-state index contributed by atoms with van der Waals surface area (Å²) in [7, 11) is 1.62. The predicted molar refractivity (Wildman–Crippen MR) is 117 cm³/mol. The molecule has 0 spiro atoms. The molecule has 1 saturated carbocycles. The van der Waals surface area contributed by atoms with Crippen LogP contribution in [-0.4, -0.2) is 23.7 Å². The summed E-state index contributed by atoms with van der Waals surface area (Å²) in [6, 6.07) is 17.4. The SMILES string of the molecule is COc1ccc(/C=C/C(O)=C2\C(=O)CC(C)(C)CC2=NCc2ccccc2)cc1. The molecule has 0 radical (unpaired) electrons. The molecular weight excluding hydrogens is 362 g/mol. The quantitative estimate of drug-likeness (QED) is 0.539. The zero-order valence-electron chi connectivity index (χ0n) is 17.2. The number of ketones is 1. The smallest absolute Gasteiger partial charge is 0.168 e. The predicted octanol–water partition coefficient (Wildman–Crippen LogP) is 5.55. The van der Waals surface area contributed by atoms with Crippen LogP contribution in [0.25, 0.3) is 6.08 Å². The van der Waals surface area contributed by atoms with E-state index in [9.17, 15) is 9.90 Å². The standard InChI is InChI=1S/C25H27NO3/c1-25(2)15-21(26-17-19-7-5-4-6-8-19)24(23(28)16-25)22(27)14-11-18-9-12-20(29-3)13-10-18/h4-14,27H,15-17H2,1-3H3/b14-11+,24-22+,26-21?. The minimum atomic E-state index is -0.171. The molecule has 1 aliphatic carbocycles. The molecule has 0 aliphatic heterocycles. The molecule has 4 nitrogen and oxygen atoms in total. The third-order valence-electron chi connectivity index (χ3n) is 4.95. The van der Waals surface area contributed by atoms with Crippen LogP contribution in [0.15, 0.2) is 77.0 Å². The summed E-state index contributed by atoms with van der Waals surface area (Å²) in [5.74, 6) is 0.669. The van der Waals surface area contributed by atoms with Crippen LogP contribution in [0.1, 0.15) is 37.8 Å². The second kappa shape index (κ2) is 8.91. The molecule has 29 heavy (non-hydrogen) atoms. The third-order valence-corrected chi connectivity index (χ3v) is 4.95. The summed E-state index contributed by atoms with van der Waals surface area (Å²) < 4.78 is 5.16. The van der Waals surface area contributed by atoms with Crippen molar-refractivity contribution in [3.8, 4) is 5.75 Å². The van der Waals surface area contributed by atoms with E-state index in [1.807, 2.05) is 54.6 Å². The van der Waals surface area contributed by atoms with E-state index in [1.54, 1.807) is 19.3 Å². The number of ether oxygens (including phenoxy) is 1. The van der Waals surface area contributed by atoms with Gasteiger partial charge in [0.1, 0.15) is 11.5 Å². The number of rotatable bonds is 5. The monoisotopic (exact) mass is 389 g/mol. The van der Waals surface area contributed by atoms with Gasteiger partial charge in [-0.2, -0.15) is 0 Å². The fraction of sp³-hybridized carbons (Fsp3) is 0.280. The van der Waals surface area contributed by atoms with E-state index in [0.29, 0.717) is 30.7 Å². The van der Waals surface area contributed by atoms with Gasteiger partial charge in [-0.3, -0.25) is 9.79 Å². The number of hydrogen-bond acceptors (Lipinski definition) is 4. The van der Waals surface area contributed by atoms with Gasteiger partial charge in [0.05, 0.1) is 24.9 Å². The number of Topliss-reactive ketones (excluding diaryl/α,β-unsaturated/α-hetero) is 1. The molecule has 0 bridgehead atoms. The molecule has 0 saturated heterocycles. The molecule has 1 fully saturated rings. The Balaban J connectivity index is 1.90. The van der Waals surface area contributed by atoms with Gasteiger partial charge in [0.25, 0.3) is 0 Å². The van der Waals surface area contributed by atoms with Gasteiger partial charge in [-0.1, -0.05) is 62.4 Å². The lowest BCUT2D eigenvalue weighted by Crippen LogP contribution is -2.32. The van der Waals surface area contributed by atoms with Gasteiger partial charge in [-0.05, 0) is 41.2 Å². The molecule has 0 atom stereocenters. The molecule has 2 aromatic rings. The number of aliphatic hydroxyl groups is 1. The Morgan fingerprint density at radius 1 is 1.10 bits per heavy atom. The third kappa shape index (κ3) is 5.44. The Bertz CT molecular complexity index is 951.